The van der Waals surface area contributed by atoms with E-state index in [2.05, 4.69) is 24.3 Å². The molecule has 6 nitrogen and oxygen atoms in total. The highest BCUT2D eigenvalue weighted by Crippen LogP contribution is 2.19. The molecule has 0 bridgehead atoms. The highest BCUT2D eigenvalue weighted by atomic mass is 32.1. The molecule has 3 rings (SSSR count). The van der Waals surface area contributed by atoms with Gasteiger partial charge in [0.2, 0.25) is 0 Å². The molecule has 86 valence electrons. The third-order valence-corrected chi connectivity index (χ3v) is 3.06. The van der Waals surface area contributed by atoms with Crippen LogP contribution in [0.4, 0.5) is 0 Å². The van der Waals surface area contributed by atoms with Gasteiger partial charge in [-0.15, -0.1) is 0 Å². The monoisotopic (exact) mass is 247 g/mol. The number of nitrogens with zero attached hydrogens (tertiary/aromatic N) is 5. The van der Waals surface area contributed by atoms with Gasteiger partial charge in [0.1, 0.15) is 17.2 Å². The van der Waals surface area contributed by atoms with E-state index in [1.165, 1.54) is 11.5 Å². The van der Waals surface area contributed by atoms with Crippen LogP contribution in [-0.4, -0.2) is 24.2 Å². The molecule has 0 aromatic carbocycles. The predicted molar refractivity (Wildman–Crippen MR) is 61.5 cm³/mol. The maximum Gasteiger partial charge on any atom is 0.142 e. The lowest BCUT2D eigenvalue weighted by atomic mass is 10.3. The summed E-state index contributed by atoms with van der Waals surface area (Å²) in [5.74, 6) is 0.876. The Labute approximate surface area is 101 Å². The first-order valence-corrected chi connectivity index (χ1v) is 5.87. The Balaban J connectivity index is 1.95. The summed E-state index contributed by atoms with van der Waals surface area (Å²) in [5, 5.41) is 9.59. The lowest BCUT2D eigenvalue weighted by Crippen LogP contribution is -2.02. The number of aryl methyl sites for hydroxylation is 1. The van der Waals surface area contributed by atoms with Gasteiger partial charge in [-0.05, 0) is 18.5 Å². The van der Waals surface area contributed by atoms with Gasteiger partial charge in [-0.1, -0.05) is 10.3 Å². The van der Waals surface area contributed by atoms with E-state index in [1.54, 1.807) is 12.4 Å². The minimum absolute atomic E-state index is 0.598. The molecule has 3 aromatic heterocycles. The minimum Gasteiger partial charge on any atom is -0.325 e. The highest BCUT2D eigenvalue weighted by molar-refractivity contribution is 7.03. The van der Waals surface area contributed by atoms with Crippen molar-refractivity contribution in [2.24, 2.45) is 0 Å². The third-order valence-electron chi connectivity index (χ3n) is 2.47. The Hall–Kier alpha value is -2.02. The summed E-state index contributed by atoms with van der Waals surface area (Å²) in [4.78, 5) is 4.32. The van der Waals surface area contributed by atoms with Crippen LogP contribution >= 0.6 is 11.5 Å². The number of hydrogen-bond donors (Lipinski definition) is 0. The minimum atomic E-state index is 0.598. The summed E-state index contributed by atoms with van der Waals surface area (Å²) in [7, 11) is 0. The predicted octanol–water partition coefficient (Wildman–Crippen LogP) is 1.75. The van der Waals surface area contributed by atoms with E-state index in [0.29, 0.717) is 6.54 Å². The number of imidazole rings is 1. The zero-order valence-corrected chi connectivity index (χ0v) is 9.89. The van der Waals surface area contributed by atoms with Crippen LogP contribution in [0.1, 0.15) is 11.4 Å². The van der Waals surface area contributed by atoms with E-state index in [9.17, 15) is 0 Å². The van der Waals surface area contributed by atoms with Crippen molar-refractivity contribution in [1.82, 2.24) is 24.2 Å². The number of rotatable bonds is 3. The molecule has 0 N–H and O–H groups in total. The maximum absolute atomic E-state index is 4.68. The fourth-order valence-corrected chi connectivity index (χ4v) is 2.08. The molecule has 0 aliphatic carbocycles. The van der Waals surface area contributed by atoms with E-state index >= 15 is 0 Å². The van der Waals surface area contributed by atoms with Crippen molar-refractivity contribution in [3.63, 3.8) is 0 Å². The van der Waals surface area contributed by atoms with Crippen molar-refractivity contribution in [2.75, 3.05) is 0 Å². The second-order valence-electron chi connectivity index (χ2n) is 3.59. The fourth-order valence-electron chi connectivity index (χ4n) is 1.57. The normalized spacial score (nSPS) is 10.9. The molecule has 3 aromatic rings. The zero-order chi connectivity index (χ0) is 11.7. The molecule has 0 radical (unpaired) electrons. The molecule has 0 amide bonds. The smallest absolute Gasteiger partial charge is 0.142 e. The van der Waals surface area contributed by atoms with Gasteiger partial charge in [0, 0.05) is 23.3 Å². The lowest BCUT2D eigenvalue weighted by molar-refractivity contribution is 0.300. The van der Waals surface area contributed by atoms with Gasteiger partial charge >= 0.3 is 0 Å². The van der Waals surface area contributed by atoms with Crippen molar-refractivity contribution >= 4 is 11.5 Å². The molecular formula is C10H9N5OS. The second kappa shape index (κ2) is 4.10. The molecule has 0 atom stereocenters. The number of aromatic nitrogens is 5. The Kier molecular flexibility index (Phi) is 2.45. The van der Waals surface area contributed by atoms with E-state index < -0.39 is 0 Å². The third kappa shape index (κ3) is 1.84. The van der Waals surface area contributed by atoms with Crippen LogP contribution < -0.4 is 0 Å². The van der Waals surface area contributed by atoms with Crippen molar-refractivity contribution in [3.8, 4) is 11.4 Å². The van der Waals surface area contributed by atoms with Gasteiger partial charge in [-0.25, -0.2) is 14.0 Å². The Morgan fingerprint density at radius 3 is 3.06 bits per heavy atom. The Bertz CT molecular complexity index is 612. The molecule has 0 aliphatic heterocycles. The largest absolute Gasteiger partial charge is 0.325 e. The quantitative estimate of drug-likeness (QED) is 0.705. The molecule has 7 heteroatoms. The molecular weight excluding hydrogens is 238 g/mol. The van der Waals surface area contributed by atoms with Crippen LogP contribution in [0.15, 0.2) is 28.6 Å². The average Bonchev–Trinajstić information content (AvgIpc) is 3.02. The van der Waals surface area contributed by atoms with Crippen molar-refractivity contribution in [3.05, 3.63) is 35.4 Å². The second-order valence-corrected chi connectivity index (χ2v) is 4.25. The standard InChI is InChI=1S/C10H9N5OS/c1-7-9(14-16-13-7)5-15-3-2-11-10(15)8-4-12-17-6-8/h2-4,6H,5H2,1H3. The van der Waals surface area contributed by atoms with E-state index in [-0.39, 0.29) is 0 Å². The zero-order valence-electron chi connectivity index (χ0n) is 9.07. The molecule has 0 fully saturated rings. The van der Waals surface area contributed by atoms with Crippen LogP contribution in [-0.2, 0) is 6.54 Å². The topological polar surface area (TPSA) is 69.6 Å². The summed E-state index contributed by atoms with van der Waals surface area (Å²) in [5.41, 5.74) is 2.62. The van der Waals surface area contributed by atoms with E-state index in [0.717, 1.165) is 22.8 Å². The molecule has 0 unspecified atom stereocenters. The summed E-state index contributed by atoms with van der Waals surface area (Å²) >= 11 is 1.41. The molecule has 17 heavy (non-hydrogen) atoms. The molecule has 3 heterocycles. The highest BCUT2D eigenvalue weighted by Gasteiger charge is 2.11. The first-order chi connectivity index (χ1) is 8.34. The van der Waals surface area contributed by atoms with Gasteiger partial charge in [0.15, 0.2) is 0 Å². The van der Waals surface area contributed by atoms with Crippen molar-refractivity contribution in [2.45, 2.75) is 13.5 Å². The maximum atomic E-state index is 4.68. The first-order valence-electron chi connectivity index (χ1n) is 5.03. The van der Waals surface area contributed by atoms with Gasteiger partial charge in [-0.3, -0.25) is 0 Å². The van der Waals surface area contributed by atoms with Crippen LogP contribution in [0.25, 0.3) is 11.4 Å². The van der Waals surface area contributed by atoms with Gasteiger partial charge in [0.25, 0.3) is 0 Å². The SMILES string of the molecule is Cc1nonc1Cn1ccnc1-c1cnsc1. The van der Waals surface area contributed by atoms with Crippen molar-refractivity contribution < 1.29 is 4.63 Å². The summed E-state index contributed by atoms with van der Waals surface area (Å²) in [6, 6.07) is 0. The Morgan fingerprint density at radius 2 is 2.35 bits per heavy atom. The summed E-state index contributed by atoms with van der Waals surface area (Å²) in [6.07, 6.45) is 5.47. The molecule has 0 saturated carbocycles. The van der Waals surface area contributed by atoms with E-state index in [4.69, 9.17) is 0 Å². The van der Waals surface area contributed by atoms with Crippen LogP contribution in [0.5, 0.6) is 0 Å². The van der Waals surface area contributed by atoms with E-state index in [1.807, 2.05) is 23.1 Å². The van der Waals surface area contributed by atoms with Crippen LogP contribution in [0.2, 0.25) is 0 Å². The van der Waals surface area contributed by atoms with Crippen LogP contribution in [0, 0.1) is 6.92 Å². The van der Waals surface area contributed by atoms with Crippen LogP contribution in [0.3, 0.4) is 0 Å². The van der Waals surface area contributed by atoms with Gasteiger partial charge < -0.3 is 4.57 Å². The molecule has 0 aliphatic rings. The van der Waals surface area contributed by atoms with Crippen molar-refractivity contribution in [1.29, 1.82) is 0 Å². The average molecular weight is 247 g/mol. The summed E-state index contributed by atoms with van der Waals surface area (Å²) in [6.45, 7) is 2.47. The molecule has 0 spiro atoms. The first kappa shape index (κ1) is 10.2. The lowest BCUT2D eigenvalue weighted by Gasteiger charge is -2.03. The summed E-state index contributed by atoms with van der Waals surface area (Å²) < 4.78 is 10.8. The number of hydrogen-bond acceptors (Lipinski definition) is 6. The van der Waals surface area contributed by atoms with Gasteiger partial charge in [0.05, 0.1) is 12.7 Å². The fraction of sp³-hybridized carbons (Fsp3) is 0.200. The Morgan fingerprint density at radius 1 is 1.41 bits per heavy atom. The van der Waals surface area contributed by atoms with Gasteiger partial charge in [-0.2, -0.15) is 0 Å². The molecule has 0 saturated heterocycles.